The molecule has 0 saturated carbocycles. The minimum atomic E-state index is -2.76. The highest BCUT2D eigenvalue weighted by Crippen LogP contribution is 2.34. The first kappa shape index (κ1) is 31.5. The van der Waals surface area contributed by atoms with Crippen LogP contribution in [-0.4, -0.2) is 98.3 Å². The number of rotatable bonds is 14. The SMILES string of the molecule is CCCC(CCC)CN1CCC(N2CCN(c3ccc(NC(CCCO)C(=O)NC)cc3F)CC2)C(F)(F)C1. The predicted molar refractivity (Wildman–Crippen MR) is 151 cm³/mol. The highest BCUT2D eigenvalue weighted by atomic mass is 19.3. The molecule has 2 heterocycles. The van der Waals surface area contributed by atoms with Crippen LogP contribution in [0.3, 0.4) is 0 Å². The molecular formula is C29H48F3N5O2. The van der Waals surface area contributed by atoms with Crippen LogP contribution in [0.4, 0.5) is 24.5 Å². The zero-order valence-corrected chi connectivity index (χ0v) is 23.9. The average Bonchev–Trinajstić information content (AvgIpc) is 2.91. The number of benzene rings is 1. The number of hydrogen-bond acceptors (Lipinski definition) is 6. The zero-order chi connectivity index (χ0) is 28.4. The summed E-state index contributed by atoms with van der Waals surface area (Å²) in [6, 6.07) is 3.42. The van der Waals surface area contributed by atoms with Crippen LogP contribution in [0.15, 0.2) is 18.2 Å². The molecule has 1 aromatic rings. The van der Waals surface area contributed by atoms with E-state index in [4.69, 9.17) is 5.11 Å². The van der Waals surface area contributed by atoms with Crippen LogP contribution in [0.25, 0.3) is 0 Å². The first-order valence-corrected chi connectivity index (χ1v) is 14.7. The van der Waals surface area contributed by atoms with Crippen molar-refractivity contribution in [2.75, 3.05) is 69.7 Å². The summed E-state index contributed by atoms with van der Waals surface area (Å²) in [4.78, 5) is 17.9. The van der Waals surface area contributed by atoms with Crippen LogP contribution in [0.2, 0.25) is 0 Å². The molecule has 222 valence electrons. The molecule has 1 aromatic carbocycles. The van der Waals surface area contributed by atoms with Gasteiger partial charge in [0.1, 0.15) is 11.9 Å². The fourth-order valence-electron chi connectivity index (χ4n) is 6.18. The Morgan fingerprint density at radius 1 is 1.10 bits per heavy atom. The first-order valence-electron chi connectivity index (χ1n) is 14.7. The van der Waals surface area contributed by atoms with Gasteiger partial charge in [0.25, 0.3) is 5.92 Å². The number of amides is 1. The van der Waals surface area contributed by atoms with Gasteiger partial charge in [0.05, 0.1) is 18.3 Å². The van der Waals surface area contributed by atoms with Crippen LogP contribution in [0.1, 0.15) is 58.8 Å². The summed E-state index contributed by atoms with van der Waals surface area (Å²) in [5, 5.41) is 14.7. The number of nitrogens with zero attached hydrogens (tertiary/aromatic N) is 3. The normalized spacial score (nSPS) is 21.2. The number of piperazine rings is 1. The molecule has 0 aliphatic carbocycles. The number of piperidine rings is 1. The average molecular weight is 556 g/mol. The van der Waals surface area contributed by atoms with Crippen LogP contribution >= 0.6 is 0 Å². The van der Waals surface area contributed by atoms with E-state index in [0.29, 0.717) is 69.3 Å². The van der Waals surface area contributed by atoms with Gasteiger partial charge in [-0.05, 0) is 56.2 Å². The number of likely N-dealkylation sites (tertiary alicyclic amines) is 1. The Balaban J connectivity index is 1.55. The second-order valence-electron chi connectivity index (χ2n) is 11.1. The van der Waals surface area contributed by atoms with Crippen molar-refractivity contribution < 1.29 is 23.1 Å². The summed E-state index contributed by atoms with van der Waals surface area (Å²) in [7, 11) is 1.54. The summed E-state index contributed by atoms with van der Waals surface area (Å²) in [5.74, 6) is -2.92. The van der Waals surface area contributed by atoms with E-state index in [2.05, 4.69) is 24.5 Å². The van der Waals surface area contributed by atoms with Crippen molar-refractivity contribution in [2.24, 2.45) is 5.92 Å². The molecule has 2 saturated heterocycles. The van der Waals surface area contributed by atoms with Crippen LogP contribution < -0.4 is 15.5 Å². The van der Waals surface area contributed by atoms with Crippen molar-refractivity contribution in [3.8, 4) is 0 Å². The minimum Gasteiger partial charge on any atom is -0.396 e. The number of carbonyl (C=O) groups excluding carboxylic acids is 1. The van der Waals surface area contributed by atoms with Crippen LogP contribution in [0.5, 0.6) is 0 Å². The Kier molecular flexibility index (Phi) is 12.2. The fourth-order valence-corrected chi connectivity index (χ4v) is 6.18. The van der Waals surface area contributed by atoms with Gasteiger partial charge in [-0.25, -0.2) is 13.2 Å². The van der Waals surface area contributed by atoms with Gasteiger partial charge >= 0.3 is 0 Å². The Morgan fingerprint density at radius 3 is 2.36 bits per heavy atom. The van der Waals surface area contributed by atoms with Gasteiger partial charge < -0.3 is 20.6 Å². The molecule has 3 N–H and O–H groups in total. The quantitative estimate of drug-likeness (QED) is 0.320. The van der Waals surface area contributed by atoms with Crippen molar-refractivity contribution in [3.63, 3.8) is 0 Å². The number of aliphatic hydroxyl groups is 1. The Hall–Kier alpha value is -2.04. The molecule has 2 aliphatic rings. The molecule has 0 spiro atoms. The third-order valence-electron chi connectivity index (χ3n) is 8.15. The maximum absolute atomic E-state index is 15.3. The summed E-state index contributed by atoms with van der Waals surface area (Å²) in [5.41, 5.74) is 0.916. The third kappa shape index (κ3) is 8.72. The van der Waals surface area contributed by atoms with Gasteiger partial charge in [0.2, 0.25) is 5.91 Å². The van der Waals surface area contributed by atoms with E-state index < -0.39 is 23.8 Å². The lowest BCUT2D eigenvalue weighted by molar-refractivity contribution is -0.130. The largest absolute Gasteiger partial charge is 0.396 e. The standard InChI is InChI=1S/C29H48F3N5O2/c1-4-7-22(8-5-2)20-35-13-12-27(29(31,32)21-35)37-16-14-36(15-17-37)26-11-10-23(19-24(26)30)34-25(9-6-18-38)28(39)33-3/h10-11,19,22,25,27,34,38H,4-9,12-18,20-21H2,1-3H3,(H,33,39). The van der Waals surface area contributed by atoms with Crippen molar-refractivity contribution >= 4 is 17.3 Å². The van der Waals surface area contributed by atoms with Gasteiger partial charge in [-0.15, -0.1) is 0 Å². The van der Waals surface area contributed by atoms with E-state index in [-0.39, 0.29) is 19.1 Å². The van der Waals surface area contributed by atoms with Crippen molar-refractivity contribution in [2.45, 2.75) is 76.8 Å². The molecule has 0 aromatic heterocycles. The number of halogens is 3. The summed E-state index contributed by atoms with van der Waals surface area (Å²) < 4.78 is 45.7. The second kappa shape index (κ2) is 15.1. The van der Waals surface area contributed by atoms with Crippen molar-refractivity contribution in [1.29, 1.82) is 0 Å². The van der Waals surface area contributed by atoms with Gasteiger partial charge in [-0.3, -0.25) is 14.6 Å². The molecule has 7 nitrogen and oxygen atoms in total. The number of alkyl halides is 2. The second-order valence-corrected chi connectivity index (χ2v) is 11.1. The van der Waals surface area contributed by atoms with Gasteiger partial charge in [0, 0.05) is 58.6 Å². The number of nitrogens with one attached hydrogen (secondary N) is 2. The van der Waals surface area contributed by atoms with E-state index in [0.717, 1.165) is 32.2 Å². The highest BCUT2D eigenvalue weighted by molar-refractivity contribution is 5.84. The first-order chi connectivity index (χ1) is 18.7. The number of hydrogen-bond donors (Lipinski definition) is 3. The lowest BCUT2D eigenvalue weighted by Gasteiger charge is -2.47. The molecule has 2 unspecified atom stereocenters. The predicted octanol–water partition coefficient (Wildman–Crippen LogP) is 4.17. The molecule has 10 heteroatoms. The Bertz CT molecular complexity index is 892. The molecule has 0 bridgehead atoms. The van der Waals surface area contributed by atoms with Gasteiger partial charge in [0.15, 0.2) is 0 Å². The smallest absolute Gasteiger partial charge is 0.275 e. The molecular weight excluding hydrogens is 507 g/mol. The lowest BCUT2D eigenvalue weighted by atomic mass is 9.94. The summed E-state index contributed by atoms with van der Waals surface area (Å²) in [6.45, 7) is 7.45. The molecule has 1 amide bonds. The monoisotopic (exact) mass is 555 g/mol. The topological polar surface area (TPSA) is 71.1 Å². The van der Waals surface area contributed by atoms with E-state index in [9.17, 15) is 4.79 Å². The molecule has 0 radical (unpaired) electrons. The number of anilines is 2. The summed E-state index contributed by atoms with van der Waals surface area (Å²) >= 11 is 0. The lowest BCUT2D eigenvalue weighted by Crippen LogP contribution is -2.62. The summed E-state index contributed by atoms with van der Waals surface area (Å²) in [6.07, 6.45) is 5.68. The van der Waals surface area contributed by atoms with E-state index in [1.54, 1.807) is 12.1 Å². The van der Waals surface area contributed by atoms with E-state index in [1.165, 1.54) is 13.1 Å². The van der Waals surface area contributed by atoms with E-state index in [1.807, 2.05) is 14.7 Å². The maximum atomic E-state index is 15.3. The van der Waals surface area contributed by atoms with Crippen LogP contribution in [-0.2, 0) is 4.79 Å². The fraction of sp³-hybridized carbons (Fsp3) is 0.759. The molecule has 2 atom stereocenters. The molecule has 3 rings (SSSR count). The zero-order valence-electron chi connectivity index (χ0n) is 23.9. The van der Waals surface area contributed by atoms with Crippen LogP contribution in [0, 0.1) is 11.7 Å². The Morgan fingerprint density at radius 2 is 1.79 bits per heavy atom. The minimum absolute atomic E-state index is 0.0299. The van der Waals surface area contributed by atoms with Gasteiger partial charge in [-0.2, -0.15) is 0 Å². The van der Waals surface area contributed by atoms with Crippen molar-refractivity contribution in [3.05, 3.63) is 24.0 Å². The Labute approximate surface area is 232 Å². The van der Waals surface area contributed by atoms with Gasteiger partial charge in [-0.1, -0.05) is 26.7 Å². The molecule has 2 aliphatic heterocycles. The van der Waals surface area contributed by atoms with Crippen molar-refractivity contribution in [1.82, 2.24) is 15.1 Å². The number of carbonyl (C=O) groups is 1. The third-order valence-corrected chi connectivity index (χ3v) is 8.15. The maximum Gasteiger partial charge on any atom is 0.275 e. The molecule has 2 fully saturated rings. The van der Waals surface area contributed by atoms with E-state index >= 15 is 13.2 Å². The number of aliphatic hydroxyl groups excluding tert-OH is 1. The molecule has 39 heavy (non-hydrogen) atoms. The highest BCUT2D eigenvalue weighted by Gasteiger charge is 2.48. The number of likely N-dealkylation sites (N-methyl/N-ethyl adjacent to an activating group) is 1.